The Balaban J connectivity index is 1.95. The molecule has 0 saturated carbocycles. The number of nitro groups is 1. The highest BCUT2D eigenvalue weighted by atomic mass is 16.6. The predicted molar refractivity (Wildman–Crippen MR) is 123 cm³/mol. The van der Waals surface area contributed by atoms with Crippen LogP contribution in [-0.4, -0.2) is 29.7 Å². The van der Waals surface area contributed by atoms with E-state index >= 15 is 0 Å². The molecular formula is C21H27N7O4. The van der Waals surface area contributed by atoms with Crippen molar-refractivity contribution in [1.29, 1.82) is 0 Å². The molecule has 0 aliphatic rings. The van der Waals surface area contributed by atoms with Gasteiger partial charge in [0.15, 0.2) is 11.2 Å². The van der Waals surface area contributed by atoms with Crippen LogP contribution in [0, 0.1) is 10.1 Å². The molecule has 0 atom stereocenters. The summed E-state index contributed by atoms with van der Waals surface area (Å²) in [5.74, 6) is 0.326. The van der Waals surface area contributed by atoms with Crippen LogP contribution in [-0.2, 0) is 13.6 Å². The van der Waals surface area contributed by atoms with Crippen molar-refractivity contribution in [1.82, 2.24) is 19.1 Å². The lowest BCUT2D eigenvalue weighted by Gasteiger charge is -2.09. The summed E-state index contributed by atoms with van der Waals surface area (Å²) in [7, 11) is 1.54. The number of nitrogens with zero attached hydrogens (tertiary/aromatic N) is 5. The van der Waals surface area contributed by atoms with Gasteiger partial charge < -0.3 is 4.57 Å². The molecule has 0 aliphatic carbocycles. The van der Waals surface area contributed by atoms with Gasteiger partial charge in [0.2, 0.25) is 5.95 Å². The van der Waals surface area contributed by atoms with Gasteiger partial charge in [-0.2, -0.15) is 10.1 Å². The second-order valence-electron chi connectivity index (χ2n) is 7.61. The molecule has 2 aromatic heterocycles. The smallest absolute Gasteiger partial charge is 0.303 e. The first-order valence-electron chi connectivity index (χ1n) is 10.6. The summed E-state index contributed by atoms with van der Waals surface area (Å²) in [5, 5.41) is 15.4. The summed E-state index contributed by atoms with van der Waals surface area (Å²) in [6.07, 6.45) is 5.24. The molecule has 2 heterocycles. The lowest BCUT2D eigenvalue weighted by Crippen LogP contribution is -2.29. The van der Waals surface area contributed by atoms with E-state index in [2.05, 4.69) is 27.4 Å². The monoisotopic (exact) mass is 441 g/mol. The van der Waals surface area contributed by atoms with E-state index in [0.717, 1.165) is 32.1 Å². The van der Waals surface area contributed by atoms with Crippen molar-refractivity contribution >= 4 is 28.5 Å². The fourth-order valence-electron chi connectivity index (χ4n) is 3.45. The third kappa shape index (κ3) is 4.93. The molecule has 0 fully saturated rings. The minimum Gasteiger partial charge on any atom is -0.303 e. The van der Waals surface area contributed by atoms with Crippen LogP contribution in [0.1, 0.15) is 51.5 Å². The zero-order valence-electron chi connectivity index (χ0n) is 18.4. The number of hydrogen-bond acceptors (Lipinski definition) is 7. The molecule has 1 aromatic carbocycles. The van der Waals surface area contributed by atoms with Crippen molar-refractivity contribution in [3.8, 4) is 0 Å². The number of anilines is 1. The number of unbranched alkanes of at least 4 members (excludes halogenated alkanes) is 4. The quantitative estimate of drug-likeness (QED) is 0.214. The summed E-state index contributed by atoms with van der Waals surface area (Å²) in [5.41, 5.74) is 3.46. The van der Waals surface area contributed by atoms with Gasteiger partial charge in [-0.1, -0.05) is 44.7 Å². The third-order valence-corrected chi connectivity index (χ3v) is 5.29. The van der Waals surface area contributed by atoms with Gasteiger partial charge in [-0.3, -0.25) is 24.5 Å². The summed E-state index contributed by atoms with van der Waals surface area (Å²) < 4.78 is 3.01. The maximum Gasteiger partial charge on any atom is 0.329 e. The predicted octanol–water partition coefficient (Wildman–Crippen LogP) is 3.14. The number of nitro benzene ring substituents is 1. The number of hydrazone groups is 1. The van der Waals surface area contributed by atoms with Crippen LogP contribution in [0.25, 0.3) is 11.2 Å². The van der Waals surface area contributed by atoms with E-state index in [-0.39, 0.29) is 11.3 Å². The van der Waals surface area contributed by atoms with Crippen molar-refractivity contribution in [2.45, 2.75) is 52.5 Å². The molecular weight excluding hydrogens is 414 g/mol. The fraction of sp³-hybridized carbons (Fsp3) is 0.429. The van der Waals surface area contributed by atoms with E-state index in [4.69, 9.17) is 0 Å². The second-order valence-corrected chi connectivity index (χ2v) is 7.61. The van der Waals surface area contributed by atoms with Gasteiger partial charge >= 0.3 is 5.69 Å². The van der Waals surface area contributed by atoms with E-state index in [1.165, 1.54) is 16.7 Å². The van der Waals surface area contributed by atoms with E-state index in [9.17, 15) is 19.7 Å². The van der Waals surface area contributed by atoms with Crippen molar-refractivity contribution < 1.29 is 4.92 Å². The van der Waals surface area contributed by atoms with Crippen LogP contribution >= 0.6 is 0 Å². The minimum absolute atomic E-state index is 0.0297. The van der Waals surface area contributed by atoms with Gasteiger partial charge in [-0.15, -0.1) is 0 Å². The van der Waals surface area contributed by atoms with Crippen molar-refractivity contribution in [3.63, 3.8) is 0 Å². The molecule has 32 heavy (non-hydrogen) atoms. The number of fused-ring (bicyclic) bond motifs is 1. The van der Waals surface area contributed by atoms with Gasteiger partial charge in [-0.25, -0.2) is 10.2 Å². The average molecular weight is 441 g/mol. The molecule has 2 N–H and O–H groups in total. The molecule has 11 heteroatoms. The highest BCUT2D eigenvalue weighted by Crippen LogP contribution is 2.18. The van der Waals surface area contributed by atoms with E-state index < -0.39 is 16.2 Å². The lowest BCUT2D eigenvalue weighted by atomic mass is 10.1. The maximum absolute atomic E-state index is 12.5. The van der Waals surface area contributed by atoms with Crippen LogP contribution in [0.3, 0.4) is 0 Å². The van der Waals surface area contributed by atoms with Gasteiger partial charge in [0, 0.05) is 31.3 Å². The Hall–Kier alpha value is -3.76. The standard InChI is InChI=1S/C21H27N7O4/c1-4-5-6-7-8-12-27-17-18(26(3)21(30)23-19(17)29)22-20(27)25-24-14(2)15-10-9-11-16(13-15)28(31)32/h9-11,13H,4-8,12H2,1-3H3,(H,22,25)(H,23,29,30)/b24-14-. The molecule has 0 saturated heterocycles. The number of hydrogen-bond donors (Lipinski definition) is 2. The SMILES string of the molecule is CCCCCCCn1c(N/N=C(/C)c2cccc([N+](=O)[O-])c2)nc2c1c(=O)[nH]c(=O)n2C. The first-order chi connectivity index (χ1) is 15.3. The molecule has 0 spiro atoms. The Morgan fingerprint density at radius 2 is 2.00 bits per heavy atom. The Morgan fingerprint density at radius 1 is 1.25 bits per heavy atom. The molecule has 0 radical (unpaired) electrons. The zero-order valence-corrected chi connectivity index (χ0v) is 18.4. The number of imidazole rings is 1. The van der Waals surface area contributed by atoms with E-state index in [0.29, 0.717) is 29.3 Å². The molecule has 0 bridgehead atoms. The first kappa shape index (κ1) is 22.9. The largest absolute Gasteiger partial charge is 0.329 e. The third-order valence-electron chi connectivity index (χ3n) is 5.29. The first-order valence-corrected chi connectivity index (χ1v) is 10.6. The van der Waals surface area contributed by atoms with Crippen LogP contribution in [0.15, 0.2) is 39.0 Å². The Labute approximate surface area is 183 Å². The summed E-state index contributed by atoms with van der Waals surface area (Å²) in [6.45, 7) is 4.40. The lowest BCUT2D eigenvalue weighted by molar-refractivity contribution is -0.384. The molecule has 11 nitrogen and oxygen atoms in total. The number of non-ortho nitro benzene ring substituents is 1. The van der Waals surface area contributed by atoms with Crippen LogP contribution in [0.5, 0.6) is 0 Å². The topological polar surface area (TPSA) is 140 Å². The Bertz CT molecular complexity index is 1270. The second kappa shape index (κ2) is 10.0. The minimum atomic E-state index is -0.544. The van der Waals surface area contributed by atoms with Gasteiger partial charge in [0.25, 0.3) is 11.2 Å². The van der Waals surface area contributed by atoms with E-state index in [1.807, 2.05) is 0 Å². The zero-order chi connectivity index (χ0) is 23.3. The molecule has 170 valence electrons. The molecule has 3 rings (SSSR count). The average Bonchev–Trinajstić information content (AvgIpc) is 3.15. The number of aromatic amines is 1. The van der Waals surface area contributed by atoms with Crippen LogP contribution in [0.2, 0.25) is 0 Å². The number of aromatic nitrogens is 4. The summed E-state index contributed by atoms with van der Waals surface area (Å²) >= 11 is 0. The van der Waals surface area contributed by atoms with Crippen LogP contribution in [0.4, 0.5) is 11.6 Å². The molecule has 0 unspecified atom stereocenters. The summed E-state index contributed by atoms with van der Waals surface area (Å²) in [4.78, 5) is 41.9. The van der Waals surface area contributed by atoms with Crippen molar-refractivity contribution in [2.24, 2.45) is 12.1 Å². The Morgan fingerprint density at radius 3 is 2.72 bits per heavy atom. The molecule has 0 aliphatic heterocycles. The maximum atomic E-state index is 12.5. The highest BCUT2D eigenvalue weighted by Gasteiger charge is 2.17. The summed E-state index contributed by atoms with van der Waals surface area (Å²) in [6, 6.07) is 6.16. The number of H-pyrrole nitrogens is 1. The number of aryl methyl sites for hydroxylation is 2. The van der Waals surface area contributed by atoms with E-state index in [1.54, 1.807) is 30.7 Å². The van der Waals surface area contributed by atoms with Gasteiger partial charge in [0.05, 0.1) is 10.6 Å². The number of nitrogens with one attached hydrogen (secondary N) is 2. The van der Waals surface area contributed by atoms with Crippen LogP contribution < -0.4 is 16.7 Å². The van der Waals surface area contributed by atoms with Gasteiger partial charge in [-0.05, 0) is 13.3 Å². The number of rotatable bonds is 10. The molecule has 0 amide bonds. The van der Waals surface area contributed by atoms with Crippen molar-refractivity contribution in [3.05, 3.63) is 60.8 Å². The fourth-order valence-corrected chi connectivity index (χ4v) is 3.45. The highest BCUT2D eigenvalue weighted by molar-refractivity contribution is 5.99. The normalized spacial score (nSPS) is 11.8. The van der Waals surface area contributed by atoms with Gasteiger partial charge in [0.1, 0.15) is 0 Å². The Kier molecular flexibility index (Phi) is 7.18. The number of benzene rings is 1. The molecule has 3 aromatic rings. The van der Waals surface area contributed by atoms with Crippen molar-refractivity contribution in [2.75, 3.05) is 5.43 Å².